The molecule has 1 aromatic carbocycles. The number of hydrogen-bond donors (Lipinski definition) is 3. The molecular formula is C14H20N2O3. The molecule has 1 aliphatic rings. The molecule has 0 spiro atoms. The normalized spacial score (nSPS) is 18.7. The molecule has 3 N–H and O–H groups in total. The van der Waals surface area contributed by atoms with Crippen molar-refractivity contribution in [3.8, 4) is 5.75 Å². The Morgan fingerprint density at radius 2 is 2.37 bits per heavy atom. The van der Waals surface area contributed by atoms with Crippen LogP contribution in [0.3, 0.4) is 0 Å². The van der Waals surface area contributed by atoms with Gasteiger partial charge in [-0.05, 0) is 31.9 Å². The first-order valence-electron chi connectivity index (χ1n) is 6.62. The molecule has 0 bridgehead atoms. The third-order valence-electron chi connectivity index (χ3n) is 3.02. The number of carbonyl (C=O) groups is 1. The van der Waals surface area contributed by atoms with Gasteiger partial charge in [-0.2, -0.15) is 0 Å². The highest BCUT2D eigenvalue weighted by molar-refractivity contribution is 5.83. The molecule has 2 rings (SSSR count). The van der Waals surface area contributed by atoms with Gasteiger partial charge in [0.1, 0.15) is 5.75 Å². The first-order valence-corrected chi connectivity index (χ1v) is 6.62. The first kappa shape index (κ1) is 13.7. The number of nitrogens with one attached hydrogen (secondary N) is 2. The van der Waals surface area contributed by atoms with Crippen molar-refractivity contribution in [2.75, 3.05) is 18.4 Å². The van der Waals surface area contributed by atoms with E-state index in [9.17, 15) is 4.79 Å². The van der Waals surface area contributed by atoms with Gasteiger partial charge in [0.25, 0.3) is 5.91 Å². The smallest absolute Gasteiger partial charge is 0.262 e. The van der Waals surface area contributed by atoms with Crippen molar-refractivity contribution in [3.05, 3.63) is 24.3 Å². The molecule has 0 saturated heterocycles. The number of aliphatic hydroxyl groups excluding tert-OH is 1. The third kappa shape index (κ3) is 3.86. The molecule has 2 atom stereocenters. The van der Waals surface area contributed by atoms with Crippen LogP contribution < -0.4 is 15.4 Å². The highest BCUT2D eigenvalue weighted by atomic mass is 16.5. The van der Waals surface area contributed by atoms with Gasteiger partial charge in [0, 0.05) is 6.54 Å². The summed E-state index contributed by atoms with van der Waals surface area (Å²) in [6.07, 6.45) is 0.630. The highest BCUT2D eigenvalue weighted by Gasteiger charge is 2.25. The number of anilines is 1. The maximum atomic E-state index is 11.9. The van der Waals surface area contributed by atoms with Gasteiger partial charge < -0.3 is 20.5 Å². The van der Waals surface area contributed by atoms with Gasteiger partial charge in [0.2, 0.25) is 0 Å². The molecule has 2 unspecified atom stereocenters. The van der Waals surface area contributed by atoms with Gasteiger partial charge in [-0.15, -0.1) is 0 Å². The summed E-state index contributed by atoms with van der Waals surface area (Å²) in [7, 11) is 0. The molecule has 0 fully saturated rings. The van der Waals surface area contributed by atoms with E-state index in [1.807, 2.05) is 24.3 Å². The Labute approximate surface area is 113 Å². The molecule has 0 aromatic heterocycles. The van der Waals surface area contributed by atoms with Crippen LogP contribution in [-0.2, 0) is 4.79 Å². The van der Waals surface area contributed by atoms with Crippen LogP contribution in [0.2, 0.25) is 0 Å². The van der Waals surface area contributed by atoms with E-state index in [1.54, 1.807) is 6.92 Å². The van der Waals surface area contributed by atoms with Crippen molar-refractivity contribution in [1.82, 2.24) is 5.32 Å². The average Bonchev–Trinajstić information content (AvgIpc) is 2.42. The summed E-state index contributed by atoms with van der Waals surface area (Å²) in [6, 6.07) is 7.57. The van der Waals surface area contributed by atoms with Crippen LogP contribution >= 0.6 is 0 Å². The van der Waals surface area contributed by atoms with Crippen LogP contribution in [0.25, 0.3) is 0 Å². The number of fused-ring (bicyclic) bond motifs is 1. The molecule has 0 saturated carbocycles. The van der Waals surface area contributed by atoms with E-state index in [-0.39, 0.29) is 12.0 Å². The number of benzene rings is 1. The van der Waals surface area contributed by atoms with Crippen LogP contribution in [0.1, 0.15) is 19.8 Å². The quantitative estimate of drug-likeness (QED) is 0.697. The van der Waals surface area contributed by atoms with Gasteiger partial charge in [-0.1, -0.05) is 12.1 Å². The molecule has 1 aromatic rings. The summed E-state index contributed by atoms with van der Waals surface area (Å²) in [6.45, 7) is 2.78. The fourth-order valence-corrected chi connectivity index (χ4v) is 1.98. The number of para-hydroxylation sites is 2. The Morgan fingerprint density at radius 1 is 1.58 bits per heavy atom. The lowest BCUT2D eigenvalue weighted by atomic mass is 10.2. The van der Waals surface area contributed by atoms with E-state index in [0.29, 0.717) is 25.3 Å². The second kappa shape index (κ2) is 6.43. The lowest BCUT2D eigenvalue weighted by Crippen LogP contribution is -2.45. The maximum absolute atomic E-state index is 11.9. The van der Waals surface area contributed by atoms with E-state index in [2.05, 4.69) is 10.6 Å². The van der Waals surface area contributed by atoms with Gasteiger partial charge in [0.15, 0.2) is 6.10 Å². The lowest BCUT2D eigenvalue weighted by Gasteiger charge is -2.26. The van der Waals surface area contributed by atoms with E-state index in [1.165, 1.54) is 0 Å². The van der Waals surface area contributed by atoms with E-state index in [4.69, 9.17) is 9.84 Å². The zero-order chi connectivity index (χ0) is 13.7. The van der Waals surface area contributed by atoms with Crippen molar-refractivity contribution < 1.29 is 14.6 Å². The van der Waals surface area contributed by atoms with Gasteiger partial charge >= 0.3 is 0 Å². The Morgan fingerprint density at radius 3 is 3.16 bits per heavy atom. The first-order chi connectivity index (χ1) is 9.16. The van der Waals surface area contributed by atoms with Gasteiger partial charge in [-0.25, -0.2) is 0 Å². The molecule has 0 aliphatic carbocycles. The third-order valence-corrected chi connectivity index (χ3v) is 3.02. The summed E-state index contributed by atoms with van der Waals surface area (Å²) in [4.78, 5) is 11.9. The highest BCUT2D eigenvalue weighted by Crippen LogP contribution is 2.28. The van der Waals surface area contributed by atoms with Crippen LogP contribution in [0.4, 0.5) is 5.69 Å². The molecule has 0 radical (unpaired) electrons. The molecule has 5 nitrogen and oxygen atoms in total. The minimum Gasteiger partial charge on any atom is -0.477 e. The van der Waals surface area contributed by atoms with Crippen molar-refractivity contribution in [2.45, 2.75) is 32.0 Å². The Balaban J connectivity index is 1.79. The molecule has 1 heterocycles. The summed E-state index contributed by atoms with van der Waals surface area (Å²) in [5.41, 5.74) is 0.917. The maximum Gasteiger partial charge on any atom is 0.262 e. The summed E-state index contributed by atoms with van der Waals surface area (Å²) in [5, 5.41) is 15.1. The number of hydrogen-bond acceptors (Lipinski definition) is 4. The SMILES string of the molecule is CC(O)CCCNC(=O)C1CNc2ccccc2O1. The van der Waals surface area contributed by atoms with Crippen molar-refractivity contribution in [3.63, 3.8) is 0 Å². The number of aliphatic hydroxyl groups is 1. The van der Waals surface area contributed by atoms with E-state index >= 15 is 0 Å². The lowest BCUT2D eigenvalue weighted by molar-refractivity contribution is -0.127. The second-order valence-corrected chi connectivity index (χ2v) is 4.77. The number of amides is 1. The van der Waals surface area contributed by atoms with Crippen LogP contribution in [0.15, 0.2) is 24.3 Å². The standard InChI is InChI=1S/C14H20N2O3/c1-10(17)5-4-8-15-14(18)13-9-16-11-6-2-3-7-12(11)19-13/h2-3,6-7,10,13,16-17H,4-5,8-9H2,1H3,(H,15,18). The topological polar surface area (TPSA) is 70.6 Å². The molecule has 104 valence electrons. The molecule has 1 aliphatic heterocycles. The minimum absolute atomic E-state index is 0.118. The molecule has 19 heavy (non-hydrogen) atoms. The monoisotopic (exact) mass is 264 g/mol. The molecule has 5 heteroatoms. The average molecular weight is 264 g/mol. The number of carbonyl (C=O) groups excluding carboxylic acids is 1. The predicted molar refractivity (Wildman–Crippen MR) is 73.3 cm³/mol. The van der Waals surface area contributed by atoms with Crippen molar-refractivity contribution in [1.29, 1.82) is 0 Å². The van der Waals surface area contributed by atoms with Crippen molar-refractivity contribution in [2.24, 2.45) is 0 Å². The largest absolute Gasteiger partial charge is 0.477 e. The van der Waals surface area contributed by atoms with E-state index < -0.39 is 6.10 Å². The van der Waals surface area contributed by atoms with Crippen LogP contribution in [-0.4, -0.2) is 36.3 Å². The van der Waals surface area contributed by atoms with E-state index in [0.717, 1.165) is 12.1 Å². The predicted octanol–water partition coefficient (Wildman–Crippen LogP) is 1.14. The van der Waals surface area contributed by atoms with Gasteiger partial charge in [0.05, 0.1) is 18.3 Å². The fourth-order valence-electron chi connectivity index (χ4n) is 1.98. The summed E-state index contributed by atoms with van der Waals surface area (Å²) >= 11 is 0. The molecule has 1 amide bonds. The summed E-state index contributed by atoms with van der Waals surface area (Å²) < 4.78 is 5.65. The summed E-state index contributed by atoms with van der Waals surface area (Å²) in [5.74, 6) is 0.588. The second-order valence-electron chi connectivity index (χ2n) is 4.77. The zero-order valence-electron chi connectivity index (χ0n) is 11.1. The Bertz CT molecular complexity index is 434. The minimum atomic E-state index is -0.499. The Hall–Kier alpha value is -1.75. The van der Waals surface area contributed by atoms with Crippen LogP contribution in [0.5, 0.6) is 5.75 Å². The van der Waals surface area contributed by atoms with Crippen LogP contribution in [0, 0.1) is 0 Å². The fraction of sp³-hybridized carbons (Fsp3) is 0.500. The van der Waals surface area contributed by atoms with Gasteiger partial charge in [-0.3, -0.25) is 4.79 Å². The van der Waals surface area contributed by atoms with Crippen molar-refractivity contribution >= 4 is 11.6 Å². The number of rotatable bonds is 5. The Kier molecular flexibility index (Phi) is 4.63. The number of ether oxygens (including phenoxy) is 1. The molecular weight excluding hydrogens is 244 g/mol. The zero-order valence-corrected chi connectivity index (χ0v) is 11.1.